The maximum absolute atomic E-state index is 13.6. The first kappa shape index (κ1) is 18.3. The van der Waals surface area contributed by atoms with Gasteiger partial charge in [-0.1, -0.05) is 19.1 Å². The molecule has 0 aliphatic carbocycles. The molecule has 1 atom stereocenters. The number of nitrogens with zero attached hydrogens (tertiary/aromatic N) is 1. The Labute approximate surface area is 155 Å². The number of para-hydroxylation sites is 1. The van der Waals surface area contributed by atoms with Crippen LogP contribution in [0.1, 0.15) is 23.7 Å². The molecule has 0 bridgehead atoms. The Kier molecular flexibility index (Phi) is 5.46. The topological polar surface area (TPSA) is 75.4 Å². The molecule has 5 nitrogen and oxygen atoms in total. The average Bonchev–Trinajstić information content (AvgIpc) is 2.78. The number of nitrogens with two attached hydrogens (primary N) is 1. The lowest BCUT2D eigenvalue weighted by Crippen LogP contribution is -2.36. The van der Waals surface area contributed by atoms with Crippen LogP contribution in [0.2, 0.25) is 0 Å². The van der Waals surface area contributed by atoms with Crippen LogP contribution in [-0.2, 0) is 4.79 Å². The van der Waals surface area contributed by atoms with Gasteiger partial charge in [0.25, 0.3) is 5.91 Å². The number of nitrogens with one attached hydrogen (secondary N) is 1. The zero-order chi connectivity index (χ0) is 18.7. The van der Waals surface area contributed by atoms with Crippen molar-refractivity contribution in [1.82, 2.24) is 0 Å². The van der Waals surface area contributed by atoms with Crippen molar-refractivity contribution in [2.45, 2.75) is 23.5 Å². The fraction of sp³-hybridized carbons (Fsp3) is 0.263. The molecule has 1 aliphatic heterocycles. The molecule has 1 aliphatic rings. The molecule has 0 saturated heterocycles. The molecular weight excluding hydrogens is 353 g/mol. The summed E-state index contributed by atoms with van der Waals surface area (Å²) in [7, 11) is 0. The van der Waals surface area contributed by atoms with Crippen LogP contribution in [0.25, 0.3) is 0 Å². The van der Waals surface area contributed by atoms with Crippen molar-refractivity contribution < 1.29 is 14.0 Å². The molecule has 0 aromatic heterocycles. The molecule has 0 spiro atoms. The van der Waals surface area contributed by atoms with Gasteiger partial charge in [0.05, 0.1) is 17.8 Å². The molecule has 7 heteroatoms. The third-order valence-corrected chi connectivity index (χ3v) is 5.46. The number of carbonyl (C=O) groups excluding carboxylic acids is 2. The van der Waals surface area contributed by atoms with E-state index in [4.69, 9.17) is 5.73 Å². The summed E-state index contributed by atoms with van der Waals surface area (Å²) in [6.45, 7) is 2.83. The smallest absolute Gasteiger partial charge is 0.251 e. The Hall–Kier alpha value is -2.54. The number of hydrogen-bond donors (Lipinski definition) is 2. The van der Waals surface area contributed by atoms with E-state index in [1.807, 2.05) is 24.3 Å². The van der Waals surface area contributed by atoms with Crippen molar-refractivity contribution in [3.8, 4) is 0 Å². The first-order valence-electron chi connectivity index (χ1n) is 8.35. The van der Waals surface area contributed by atoms with Crippen LogP contribution in [-0.4, -0.2) is 30.2 Å². The molecule has 2 amide bonds. The fourth-order valence-corrected chi connectivity index (χ4v) is 3.96. The summed E-state index contributed by atoms with van der Waals surface area (Å²) in [6.07, 6.45) is 0.896. The van der Waals surface area contributed by atoms with Crippen molar-refractivity contribution >= 4 is 35.0 Å². The molecule has 0 saturated carbocycles. The van der Waals surface area contributed by atoms with Gasteiger partial charge in [0.1, 0.15) is 5.82 Å². The minimum atomic E-state index is -0.843. The van der Waals surface area contributed by atoms with Crippen LogP contribution in [0.5, 0.6) is 0 Å². The number of primary amides is 1. The van der Waals surface area contributed by atoms with Crippen LogP contribution < -0.4 is 16.0 Å². The second kappa shape index (κ2) is 7.78. The number of rotatable bonds is 4. The summed E-state index contributed by atoms with van der Waals surface area (Å²) in [6, 6.07) is 11.8. The third-order valence-electron chi connectivity index (χ3n) is 4.22. The number of carbonyl (C=O) groups is 2. The summed E-state index contributed by atoms with van der Waals surface area (Å²) < 4.78 is 13.6. The Morgan fingerprint density at radius 3 is 2.85 bits per heavy atom. The monoisotopic (exact) mass is 373 g/mol. The number of amides is 2. The minimum absolute atomic E-state index is 0.0389. The molecule has 1 unspecified atom stereocenters. The molecule has 3 rings (SSSR count). The van der Waals surface area contributed by atoms with Gasteiger partial charge in [-0.2, -0.15) is 0 Å². The normalized spacial score (nSPS) is 16.5. The molecular formula is C19H20FN3O2S. The highest BCUT2D eigenvalue weighted by molar-refractivity contribution is 8.00. The minimum Gasteiger partial charge on any atom is -0.376 e. The Morgan fingerprint density at radius 2 is 2.08 bits per heavy atom. The molecule has 3 N–H and O–H groups in total. The maximum atomic E-state index is 13.6. The highest BCUT2D eigenvalue weighted by Crippen LogP contribution is 2.37. The lowest BCUT2D eigenvalue weighted by molar-refractivity contribution is -0.117. The van der Waals surface area contributed by atoms with E-state index in [0.717, 1.165) is 23.1 Å². The summed E-state index contributed by atoms with van der Waals surface area (Å²) >= 11 is 1.77. The van der Waals surface area contributed by atoms with Crippen molar-refractivity contribution in [2.24, 2.45) is 5.73 Å². The number of halogens is 1. The maximum Gasteiger partial charge on any atom is 0.251 e. The lowest BCUT2D eigenvalue weighted by atomic mass is 10.1. The second-order valence-corrected chi connectivity index (χ2v) is 7.62. The van der Waals surface area contributed by atoms with E-state index in [9.17, 15) is 14.0 Å². The number of benzene rings is 2. The fourth-order valence-electron chi connectivity index (χ4n) is 2.84. The summed E-state index contributed by atoms with van der Waals surface area (Å²) in [5.41, 5.74) is 6.33. The second-order valence-electron chi connectivity index (χ2n) is 6.14. The van der Waals surface area contributed by atoms with Gasteiger partial charge < -0.3 is 16.0 Å². The largest absolute Gasteiger partial charge is 0.376 e. The first-order chi connectivity index (χ1) is 12.5. The molecule has 0 radical (unpaired) electrons. The van der Waals surface area contributed by atoms with Gasteiger partial charge in [0.2, 0.25) is 5.91 Å². The summed E-state index contributed by atoms with van der Waals surface area (Å²) in [5, 5.41) is 3.38. The van der Waals surface area contributed by atoms with Crippen molar-refractivity contribution in [3.63, 3.8) is 0 Å². The van der Waals surface area contributed by atoms with Crippen LogP contribution >= 0.6 is 11.8 Å². The highest BCUT2D eigenvalue weighted by Gasteiger charge is 2.23. The Bertz CT molecular complexity index is 843. The standard InChI is InChI=1S/C19H20FN3O2S/c1-12-8-9-23(16-4-2-3-5-17(16)26-12)18(24)11-22-13-6-7-15(20)14(10-13)19(21)25/h2-7,10,12,22H,8-9,11H2,1H3,(H2,21,25). The zero-order valence-electron chi connectivity index (χ0n) is 14.4. The molecule has 26 heavy (non-hydrogen) atoms. The van der Waals surface area contributed by atoms with E-state index in [0.29, 0.717) is 17.5 Å². The predicted molar refractivity (Wildman–Crippen MR) is 102 cm³/mol. The van der Waals surface area contributed by atoms with Crippen LogP contribution in [0.3, 0.4) is 0 Å². The van der Waals surface area contributed by atoms with E-state index in [1.54, 1.807) is 16.7 Å². The zero-order valence-corrected chi connectivity index (χ0v) is 15.2. The van der Waals surface area contributed by atoms with E-state index in [1.165, 1.54) is 12.1 Å². The molecule has 2 aromatic rings. The summed E-state index contributed by atoms with van der Waals surface area (Å²) in [4.78, 5) is 26.9. The van der Waals surface area contributed by atoms with E-state index in [-0.39, 0.29) is 18.0 Å². The number of hydrogen-bond acceptors (Lipinski definition) is 4. The van der Waals surface area contributed by atoms with Gasteiger partial charge in [0.15, 0.2) is 0 Å². The van der Waals surface area contributed by atoms with E-state index < -0.39 is 11.7 Å². The first-order valence-corrected chi connectivity index (χ1v) is 9.23. The van der Waals surface area contributed by atoms with Crippen molar-refractivity contribution in [1.29, 1.82) is 0 Å². The third kappa shape index (κ3) is 3.99. The van der Waals surface area contributed by atoms with Gasteiger partial charge in [-0.05, 0) is 36.8 Å². The van der Waals surface area contributed by atoms with E-state index >= 15 is 0 Å². The van der Waals surface area contributed by atoms with Crippen LogP contribution in [0, 0.1) is 5.82 Å². The molecule has 136 valence electrons. The van der Waals surface area contributed by atoms with Gasteiger partial charge >= 0.3 is 0 Å². The molecule has 1 heterocycles. The summed E-state index contributed by atoms with van der Waals surface area (Å²) in [5.74, 6) is -1.61. The lowest BCUT2D eigenvalue weighted by Gasteiger charge is -2.23. The van der Waals surface area contributed by atoms with Gasteiger partial charge in [-0.15, -0.1) is 11.8 Å². The Balaban J connectivity index is 1.74. The highest BCUT2D eigenvalue weighted by atomic mass is 32.2. The number of thioether (sulfide) groups is 1. The van der Waals surface area contributed by atoms with E-state index in [2.05, 4.69) is 12.2 Å². The van der Waals surface area contributed by atoms with Gasteiger partial charge in [-0.25, -0.2) is 4.39 Å². The molecule has 2 aromatic carbocycles. The van der Waals surface area contributed by atoms with Crippen molar-refractivity contribution in [2.75, 3.05) is 23.3 Å². The number of fused-ring (bicyclic) bond motifs is 1. The number of anilines is 2. The SMILES string of the molecule is CC1CCN(C(=O)CNc2ccc(F)c(C(N)=O)c2)c2ccccc2S1. The van der Waals surface area contributed by atoms with Gasteiger partial charge in [-0.3, -0.25) is 9.59 Å². The molecule has 0 fully saturated rings. The predicted octanol–water partition coefficient (Wildman–Crippen LogP) is 3.25. The van der Waals surface area contributed by atoms with Crippen LogP contribution in [0.4, 0.5) is 15.8 Å². The Morgan fingerprint density at radius 1 is 1.31 bits per heavy atom. The quantitative estimate of drug-likeness (QED) is 0.863. The average molecular weight is 373 g/mol. The van der Waals surface area contributed by atoms with Gasteiger partial charge in [0, 0.05) is 22.4 Å². The van der Waals surface area contributed by atoms with Crippen molar-refractivity contribution in [3.05, 3.63) is 53.8 Å². The van der Waals surface area contributed by atoms with Crippen LogP contribution in [0.15, 0.2) is 47.4 Å².